The lowest BCUT2D eigenvalue weighted by Crippen LogP contribution is -2.30. The van der Waals surface area contributed by atoms with Gasteiger partial charge in [-0.2, -0.15) is 0 Å². The number of rotatable bonds is 8. The predicted octanol–water partition coefficient (Wildman–Crippen LogP) is 2.53. The highest BCUT2D eigenvalue weighted by molar-refractivity contribution is 14.0. The van der Waals surface area contributed by atoms with Crippen molar-refractivity contribution in [3.8, 4) is 11.5 Å². The van der Waals surface area contributed by atoms with E-state index in [0.29, 0.717) is 18.3 Å². The maximum absolute atomic E-state index is 5.96. The Balaban J connectivity index is 0.00000264. The molecule has 3 N–H and O–H groups in total. The predicted molar refractivity (Wildman–Crippen MR) is 105 cm³/mol. The molecule has 1 saturated carbocycles. The molecule has 0 spiro atoms. The van der Waals surface area contributed by atoms with Crippen molar-refractivity contribution in [1.82, 2.24) is 4.90 Å². The summed E-state index contributed by atoms with van der Waals surface area (Å²) in [6, 6.07) is 6.27. The van der Waals surface area contributed by atoms with Crippen LogP contribution >= 0.6 is 24.0 Å². The first-order valence-electron chi connectivity index (χ1n) is 7.71. The van der Waals surface area contributed by atoms with Crippen LogP contribution in [0.1, 0.15) is 19.8 Å². The standard InChI is InChI=1S/C16H26N4O2.HI/c1-4-20(12-5-6-12)10-9-18-16(17)19-14-11-13(21-2)7-8-15(14)22-3;/h7-8,11-12H,4-6,9-10H2,1-3H3,(H3,17,18,19);1H. The molecular formula is C16H27IN4O2. The topological polar surface area (TPSA) is 72.1 Å². The third-order valence-corrected chi connectivity index (χ3v) is 3.81. The number of nitrogens with one attached hydrogen (secondary N) is 1. The van der Waals surface area contributed by atoms with Crippen molar-refractivity contribution >= 4 is 35.6 Å². The van der Waals surface area contributed by atoms with Gasteiger partial charge in [-0.25, -0.2) is 0 Å². The maximum Gasteiger partial charge on any atom is 0.193 e. The van der Waals surface area contributed by atoms with Gasteiger partial charge in [-0.1, -0.05) is 6.92 Å². The van der Waals surface area contributed by atoms with E-state index in [-0.39, 0.29) is 24.0 Å². The normalized spacial score (nSPS) is 14.3. The summed E-state index contributed by atoms with van der Waals surface area (Å²) < 4.78 is 10.5. The molecule has 0 bridgehead atoms. The Hall–Kier alpha value is -1.22. The monoisotopic (exact) mass is 434 g/mol. The second kappa shape index (κ2) is 9.82. The van der Waals surface area contributed by atoms with Crippen LogP contribution in [0.4, 0.5) is 5.69 Å². The lowest BCUT2D eigenvalue weighted by atomic mass is 10.2. The lowest BCUT2D eigenvalue weighted by Gasteiger charge is -2.18. The van der Waals surface area contributed by atoms with E-state index >= 15 is 0 Å². The SMILES string of the molecule is CCN(CCN=C(N)Nc1cc(OC)ccc1OC)C1CC1.I. The number of hydrogen-bond acceptors (Lipinski definition) is 4. The van der Waals surface area contributed by atoms with E-state index in [1.54, 1.807) is 14.2 Å². The zero-order valence-electron chi connectivity index (χ0n) is 14.0. The summed E-state index contributed by atoms with van der Waals surface area (Å²) in [4.78, 5) is 6.84. The smallest absolute Gasteiger partial charge is 0.193 e. The summed E-state index contributed by atoms with van der Waals surface area (Å²) in [6.07, 6.45) is 2.62. The second-order valence-corrected chi connectivity index (χ2v) is 5.32. The fourth-order valence-corrected chi connectivity index (χ4v) is 2.43. The quantitative estimate of drug-likeness (QED) is 0.374. The molecular weight excluding hydrogens is 407 g/mol. The summed E-state index contributed by atoms with van der Waals surface area (Å²) >= 11 is 0. The van der Waals surface area contributed by atoms with Crippen LogP contribution in [0.2, 0.25) is 0 Å². The largest absolute Gasteiger partial charge is 0.497 e. The molecule has 0 heterocycles. The van der Waals surface area contributed by atoms with Crippen molar-refractivity contribution in [2.45, 2.75) is 25.8 Å². The van der Waals surface area contributed by atoms with Gasteiger partial charge >= 0.3 is 0 Å². The van der Waals surface area contributed by atoms with Crippen molar-refractivity contribution in [3.63, 3.8) is 0 Å². The summed E-state index contributed by atoms with van der Waals surface area (Å²) in [6.45, 7) is 4.89. The van der Waals surface area contributed by atoms with Crippen LogP contribution in [0.15, 0.2) is 23.2 Å². The van der Waals surface area contributed by atoms with Gasteiger partial charge in [0.1, 0.15) is 11.5 Å². The summed E-state index contributed by atoms with van der Waals surface area (Å²) in [5, 5.41) is 3.08. The molecule has 130 valence electrons. The van der Waals surface area contributed by atoms with Crippen molar-refractivity contribution in [3.05, 3.63) is 18.2 Å². The van der Waals surface area contributed by atoms with Gasteiger partial charge in [-0.15, -0.1) is 24.0 Å². The molecule has 1 aromatic carbocycles. The lowest BCUT2D eigenvalue weighted by molar-refractivity contribution is 0.286. The zero-order valence-corrected chi connectivity index (χ0v) is 16.4. The molecule has 1 fully saturated rings. The highest BCUT2D eigenvalue weighted by Gasteiger charge is 2.27. The van der Waals surface area contributed by atoms with E-state index in [0.717, 1.165) is 30.6 Å². The molecule has 0 saturated heterocycles. The van der Waals surface area contributed by atoms with Crippen LogP contribution in [0.5, 0.6) is 11.5 Å². The number of halogens is 1. The number of hydrogen-bond donors (Lipinski definition) is 2. The minimum atomic E-state index is 0. The van der Waals surface area contributed by atoms with Gasteiger partial charge in [-0.05, 0) is 31.5 Å². The van der Waals surface area contributed by atoms with E-state index in [4.69, 9.17) is 15.2 Å². The number of methoxy groups -OCH3 is 2. The first kappa shape index (κ1) is 19.8. The van der Waals surface area contributed by atoms with Gasteiger partial charge < -0.3 is 20.5 Å². The number of guanidine groups is 1. The molecule has 0 radical (unpaired) electrons. The fourth-order valence-electron chi connectivity index (χ4n) is 2.43. The molecule has 6 nitrogen and oxygen atoms in total. The first-order chi connectivity index (χ1) is 10.7. The Morgan fingerprint density at radius 1 is 1.35 bits per heavy atom. The van der Waals surface area contributed by atoms with Crippen LogP contribution in [-0.2, 0) is 0 Å². The number of ether oxygens (including phenoxy) is 2. The van der Waals surface area contributed by atoms with Crippen LogP contribution in [0.25, 0.3) is 0 Å². The van der Waals surface area contributed by atoms with Gasteiger partial charge in [0.25, 0.3) is 0 Å². The van der Waals surface area contributed by atoms with Crippen LogP contribution in [-0.4, -0.2) is 50.8 Å². The third-order valence-electron chi connectivity index (χ3n) is 3.81. The molecule has 0 atom stereocenters. The Morgan fingerprint density at radius 2 is 2.09 bits per heavy atom. The van der Waals surface area contributed by atoms with Crippen molar-refractivity contribution < 1.29 is 9.47 Å². The van der Waals surface area contributed by atoms with Crippen molar-refractivity contribution in [2.75, 3.05) is 39.2 Å². The van der Waals surface area contributed by atoms with Gasteiger partial charge in [-0.3, -0.25) is 9.89 Å². The van der Waals surface area contributed by atoms with Crippen LogP contribution < -0.4 is 20.5 Å². The molecule has 1 aliphatic carbocycles. The van der Waals surface area contributed by atoms with Gasteiger partial charge in [0.05, 0.1) is 26.5 Å². The number of anilines is 1. The molecule has 1 aliphatic rings. The molecule has 7 heteroatoms. The third kappa shape index (κ3) is 6.06. The highest BCUT2D eigenvalue weighted by Crippen LogP contribution is 2.28. The maximum atomic E-state index is 5.96. The minimum Gasteiger partial charge on any atom is -0.497 e. The average molecular weight is 434 g/mol. The zero-order chi connectivity index (χ0) is 15.9. The molecule has 0 aliphatic heterocycles. The summed E-state index contributed by atoms with van der Waals surface area (Å²) in [7, 11) is 3.25. The van der Waals surface area contributed by atoms with Gasteiger partial charge in [0.2, 0.25) is 0 Å². The number of nitrogens with zero attached hydrogens (tertiary/aromatic N) is 2. The Labute approximate surface area is 155 Å². The molecule has 1 aromatic rings. The molecule has 23 heavy (non-hydrogen) atoms. The van der Waals surface area contributed by atoms with E-state index < -0.39 is 0 Å². The second-order valence-electron chi connectivity index (χ2n) is 5.32. The van der Waals surface area contributed by atoms with Crippen molar-refractivity contribution in [1.29, 1.82) is 0 Å². The average Bonchev–Trinajstić information content (AvgIpc) is 3.36. The number of aliphatic imine (C=N–C) groups is 1. The Bertz CT molecular complexity index is 521. The molecule has 0 aromatic heterocycles. The van der Waals surface area contributed by atoms with Crippen molar-refractivity contribution in [2.24, 2.45) is 10.7 Å². The Morgan fingerprint density at radius 3 is 2.65 bits per heavy atom. The van der Waals surface area contributed by atoms with Crippen LogP contribution in [0.3, 0.4) is 0 Å². The highest BCUT2D eigenvalue weighted by atomic mass is 127. The van der Waals surface area contributed by atoms with E-state index in [2.05, 4.69) is 22.1 Å². The van der Waals surface area contributed by atoms with E-state index in [9.17, 15) is 0 Å². The summed E-state index contributed by atoms with van der Waals surface area (Å²) in [5.74, 6) is 1.83. The number of nitrogens with two attached hydrogens (primary N) is 1. The first-order valence-corrected chi connectivity index (χ1v) is 7.71. The molecule has 0 unspecified atom stereocenters. The molecule has 2 rings (SSSR count). The van der Waals surface area contributed by atoms with Crippen LogP contribution in [0, 0.1) is 0 Å². The fraction of sp³-hybridized carbons (Fsp3) is 0.562. The number of likely N-dealkylation sites (N-methyl/N-ethyl adjacent to an activating group) is 1. The molecule has 0 amide bonds. The number of benzene rings is 1. The van der Waals surface area contributed by atoms with E-state index in [1.807, 2.05) is 18.2 Å². The van der Waals surface area contributed by atoms with Gasteiger partial charge in [0, 0.05) is 18.7 Å². The van der Waals surface area contributed by atoms with Gasteiger partial charge in [0.15, 0.2) is 5.96 Å². The van der Waals surface area contributed by atoms with E-state index in [1.165, 1.54) is 12.8 Å². The minimum absolute atomic E-state index is 0. The summed E-state index contributed by atoms with van der Waals surface area (Å²) in [5.41, 5.74) is 6.71. The Kier molecular flexibility index (Phi) is 8.46.